The van der Waals surface area contributed by atoms with Gasteiger partial charge in [0.2, 0.25) is 11.8 Å². The number of hydrogen-bond acceptors (Lipinski definition) is 11. The molecule has 2 aliphatic heterocycles. The fraction of sp³-hybridized carbons (Fsp3) is 0.275. The fourth-order valence-corrected chi connectivity index (χ4v) is 6.38. The predicted octanol–water partition coefficient (Wildman–Crippen LogP) is 5.46. The first-order chi connectivity index (χ1) is 26.0. The summed E-state index contributed by atoms with van der Waals surface area (Å²) >= 11 is 0. The van der Waals surface area contributed by atoms with Gasteiger partial charge in [0, 0.05) is 36.3 Å². The van der Waals surface area contributed by atoms with Crippen molar-refractivity contribution in [2.75, 3.05) is 31.7 Å². The lowest BCUT2D eigenvalue weighted by Crippen LogP contribution is -2.54. The van der Waals surface area contributed by atoms with Crippen molar-refractivity contribution >= 4 is 46.4 Å². The normalized spacial score (nSPS) is 15.7. The van der Waals surface area contributed by atoms with Crippen molar-refractivity contribution in [1.82, 2.24) is 24.8 Å². The van der Waals surface area contributed by atoms with Gasteiger partial charge in [0.25, 0.3) is 11.8 Å². The van der Waals surface area contributed by atoms with Gasteiger partial charge in [-0.15, -0.1) is 0 Å². The summed E-state index contributed by atoms with van der Waals surface area (Å²) in [7, 11) is 0. The number of hydrogen-bond donors (Lipinski definition) is 2. The molecule has 1 fully saturated rings. The third kappa shape index (κ3) is 7.55. The van der Waals surface area contributed by atoms with E-state index < -0.39 is 41.4 Å². The summed E-state index contributed by atoms with van der Waals surface area (Å²) in [5, 5.41) is 6.30. The molecule has 0 saturated carbocycles. The number of anilines is 1. The molecule has 14 heteroatoms. The molecule has 54 heavy (non-hydrogen) atoms. The Balaban J connectivity index is 0.874. The van der Waals surface area contributed by atoms with E-state index in [2.05, 4.69) is 20.6 Å². The van der Waals surface area contributed by atoms with Crippen molar-refractivity contribution in [3.63, 3.8) is 0 Å². The van der Waals surface area contributed by atoms with Gasteiger partial charge in [-0.1, -0.05) is 24.3 Å². The monoisotopic (exact) mass is 730 g/mol. The molecule has 1 atom stereocenters. The number of piperidine rings is 1. The number of carbonyl (C=O) groups excluding carboxylic acids is 5. The van der Waals surface area contributed by atoms with Gasteiger partial charge in [-0.2, -0.15) is 0 Å². The number of imide groups is 2. The van der Waals surface area contributed by atoms with Crippen LogP contribution in [0.2, 0.25) is 0 Å². The summed E-state index contributed by atoms with van der Waals surface area (Å²) in [6.07, 6.45) is 4.83. The maximum Gasteiger partial charge on any atom is 0.419 e. The smallest absolute Gasteiger partial charge is 0.419 e. The zero-order valence-electron chi connectivity index (χ0n) is 30.0. The second-order valence-electron chi connectivity index (χ2n) is 13.8. The van der Waals surface area contributed by atoms with E-state index in [1.165, 1.54) is 12.1 Å². The maximum absolute atomic E-state index is 13.2. The van der Waals surface area contributed by atoms with Gasteiger partial charge < -0.3 is 19.5 Å². The molecule has 0 bridgehead atoms. The Morgan fingerprint density at radius 2 is 1.63 bits per heavy atom. The Bertz CT molecular complexity index is 2260. The van der Waals surface area contributed by atoms with Gasteiger partial charge >= 0.3 is 6.09 Å². The predicted molar refractivity (Wildman–Crippen MR) is 198 cm³/mol. The lowest BCUT2D eigenvalue weighted by molar-refractivity contribution is -0.136. The van der Waals surface area contributed by atoms with Gasteiger partial charge in [-0.25, -0.2) is 14.3 Å². The van der Waals surface area contributed by atoms with Crippen LogP contribution in [0.25, 0.3) is 33.3 Å². The van der Waals surface area contributed by atoms with E-state index in [4.69, 9.17) is 14.2 Å². The van der Waals surface area contributed by atoms with Crippen LogP contribution in [0, 0.1) is 0 Å². The molecule has 1 saturated heterocycles. The van der Waals surface area contributed by atoms with Crippen molar-refractivity contribution in [2.45, 2.75) is 45.3 Å². The largest absolute Gasteiger partial charge is 0.491 e. The Labute approximate surface area is 310 Å². The van der Waals surface area contributed by atoms with E-state index in [1.807, 2.05) is 69.3 Å². The number of nitrogens with one attached hydrogen (secondary N) is 2. The van der Waals surface area contributed by atoms with Crippen molar-refractivity contribution in [1.29, 1.82) is 0 Å². The number of ether oxygens (including phenoxy) is 3. The van der Waals surface area contributed by atoms with Gasteiger partial charge in [0.15, 0.2) is 0 Å². The molecule has 5 aromatic rings. The van der Waals surface area contributed by atoms with Crippen molar-refractivity contribution in [3.8, 4) is 28.1 Å². The first-order valence-electron chi connectivity index (χ1n) is 17.5. The number of benzene rings is 2. The highest BCUT2D eigenvalue weighted by Crippen LogP contribution is 2.32. The molecule has 5 heterocycles. The summed E-state index contributed by atoms with van der Waals surface area (Å²) in [5.41, 5.74) is 3.83. The molecule has 3 aromatic heterocycles. The van der Waals surface area contributed by atoms with Crippen LogP contribution in [0.4, 0.5) is 10.6 Å². The number of pyridine rings is 2. The minimum Gasteiger partial charge on any atom is -0.491 e. The summed E-state index contributed by atoms with van der Waals surface area (Å²) < 4.78 is 18.7. The molecular weight excluding hydrogens is 692 g/mol. The SMILES string of the molecule is CC(C)(C)OC(=O)n1c(-c2ccc(-c3ccc(NCCOCCOc4ccc5c(c4)C(=O)N(C4CCC(=O)NC4=O)C5=O)nc3)cc2)cc2ccncc21. The van der Waals surface area contributed by atoms with E-state index >= 15 is 0 Å². The maximum atomic E-state index is 13.2. The van der Waals surface area contributed by atoms with Gasteiger partial charge in [-0.05, 0) is 80.8 Å². The molecule has 2 N–H and O–H groups in total. The number of fused-ring (bicyclic) bond motifs is 2. The molecular formula is C40H38N6O8. The second-order valence-corrected chi connectivity index (χ2v) is 13.8. The second kappa shape index (κ2) is 14.9. The van der Waals surface area contributed by atoms with Gasteiger partial charge in [-0.3, -0.25) is 34.4 Å². The summed E-state index contributed by atoms with van der Waals surface area (Å²) in [5.74, 6) is -1.16. The molecule has 276 valence electrons. The minimum atomic E-state index is -1.02. The average Bonchev–Trinajstić information content (AvgIpc) is 3.65. The summed E-state index contributed by atoms with van der Waals surface area (Å²) in [6.45, 7) is 6.90. The fourth-order valence-electron chi connectivity index (χ4n) is 6.38. The number of amides is 4. The topological polar surface area (TPSA) is 171 Å². The van der Waals surface area contributed by atoms with Crippen LogP contribution in [0.5, 0.6) is 5.75 Å². The number of aromatic nitrogens is 3. The zero-order valence-corrected chi connectivity index (χ0v) is 30.0. The highest BCUT2D eigenvalue weighted by molar-refractivity contribution is 6.23. The molecule has 7 rings (SSSR count). The highest BCUT2D eigenvalue weighted by atomic mass is 16.6. The lowest BCUT2D eigenvalue weighted by atomic mass is 10.0. The number of rotatable bonds is 11. The van der Waals surface area contributed by atoms with E-state index in [1.54, 1.807) is 29.2 Å². The van der Waals surface area contributed by atoms with Crippen molar-refractivity contribution < 1.29 is 38.2 Å². The molecule has 14 nitrogen and oxygen atoms in total. The molecule has 0 aliphatic carbocycles. The van der Waals surface area contributed by atoms with E-state index in [-0.39, 0.29) is 37.2 Å². The van der Waals surface area contributed by atoms with Crippen LogP contribution in [0.3, 0.4) is 0 Å². The highest BCUT2D eigenvalue weighted by Gasteiger charge is 2.44. The van der Waals surface area contributed by atoms with E-state index in [0.717, 1.165) is 27.0 Å². The van der Waals surface area contributed by atoms with Gasteiger partial charge in [0.1, 0.15) is 29.8 Å². The summed E-state index contributed by atoms with van der Waals surface area (Å²) in [4.78, 5) is 72.6. The van der Waals surface area contributed by atoms with Crippen molar-refractivity contribution in [3.05, 3.63) is 96.4 Å². The van der Waals surface area contributed by atoms with Crippen molar-refractivity contribution in [2.24, 2.45) is 0 Å². The molecule has 4 amide bonds. The molecule has 2 aromatic carbocycles. The third-order valence-electron chi connectivity index (χ3n) is 8.92. The van der Waals surface area contributed by atoms with Crippen LogP contribution in [-0.4, -0.2) is 87.2 Å². The zero-order chi connectivity index (χ0) is 38.0. The first-order valence-corrected chi connectivity index (χ1v) is 17.5. The van der Waals surface area contributed by atoms with E-state index in [9.17, 15) is 24.0 Å². The van der Waals surface area contributed by atoms with Crippen LogP contribution >= 0.6 is 0 Å². The van der Waals surface area contributed by atoms with Gasteiger partial charge in [0.05, 0.1) is 41.7 Å². The van der Waals surface area contributed by atoms with Crippen LogP contribution in [0.1, 0.15) is 54.3 Å². The Morgan fingerprint density at radius 3 is 2.37 bits per heavy atom. The minimum absolute atomic E-state index is 0.0565. The Kier molecular flexibility index (Phi) is 9.93. The molecule has 2 aliphatic rings. The third-order valence-corrected chi connectivity index (χ3v) is 8.92. The van der Waals surface area contributed by atoms with Crippen LogP contribution < -0.4 is 15.4 Å². The number of carbonyl (C=O) groups is 5. The standard InChI is InChI=1S/C40H38N6O8/c1-40(2,3)54-39(51)45-32(20-26-14-15-41-23-33(26)45)25-6-4-24(5-7-25)27-8-12-34(43-22-27)42-16-17-52-18-19-53-28-9-10-29-30(21-28)38(50)46(37(29)49)31-11-13-35(47)44-36(31)48/h4-10,12,14-15,20-23,31H,11,13,16-19H2,1-3H3,(H,42,43)(H,44,47,48). The molecule has 1 unspecified atom stereocenters. The molecule has 0 radical (unpaired) electrons. The first kappa shape index (κ1) is 36.0. The van der Waals surface area contributed by atoms with Crippen LogP contribution in [-0.2, 0) is 19.1 Å². The average molecular weight is 731 g/mol. The van der Waals surface area contributed by atoms with Crippen LogP contribution in [0.15, 0.2) is 85.3 Å². The Morgan fingerprint density at radius 1 is 0.870 bits per heavy atom. The quantitative estimate of drug-likeness (QED) is 0.131. The lowest BCUT2D eigenvalue weighted by Gasteiger charge is -2.27. The molecule has 0 spiro atoms. The number of nitrogens with zero attached hydrogens (tertiary/aromatic N) is 4. The summed E-state index contributed by atoms with van der Waals surface area (Å²) in [6, 6.07) is 19.1. The van der Waals surface area contributed by atoms with E-state index in [0.29, 0.717) is 35.9 Å². The Hall–Kier alpha value is -6.41.